The van der Waals surface area contributed by atoms with E-state index in [4.69, 9.17) is 4.98 Å². The van der Waals surface area contributed by atoms with E-state index >= 15 is 0 Å². The Bertz CT molecular complexity index is 1150. The molecule has 2 aromatic carbocycles. The molecule has 0 radical (unpaired) electrons. The van der Waals surface area contributed by atoms with Crippen LogP contribution in [0, 0.1) is 0 Å². The summed E-state index contributed by atoms with van der Waals surface area (Å²) >= 11 is 0. The third-order valence-electron chi connectivity index (χ3n) is 8.05. The van der Waals surface area contributed by atoms with E-state index in [0.29, 0.717) is 23.6 Å². The predicted molar refractivity (Wildman–Crippen MR) is 129 cm³/mol. The van der Waals surface area contributed by atoms with Gasteiger partial charge in [0.15, 0.2) is 0 Å². The van der Waals surface area contributed by atoms with Gasteiger partial charge in [0.1, 0.15) is 11.6 Å². The zero-order valence-electron chi connectivity index (χ0n) is 19.4. The van der Waals surface area contributed by atoms with Crippen molar-refractivity contribution < 1.29 is 5.11 Å². The molecule has 166 valence electrons. The quantitative estimate of drug-likeness (QED) is 0.486. The molecule has 2 aliphatic carbocycles. The molecule has 4 nitrogen and oxygen atoms in total. The number of hydrogen-bond acceptors (Lipinski definition) is 3. The van der Waals surface area contributed by atoms with Crippen LogP contribution in [0.15, 0.2) is 42.6 Å². The molecule has 32 heavy (non-hydrogen) atoms. The van der Waals surface area contributed by atoms with Gasteiger partial charge in [0, 0.05) is 11.1 Å². The Hall–Kier alpha value is -2.59. The highest BCUT2D eigenvalue weighted by atomic mass is 16.3. The third-order valence-corrected chi connectivity index (χ3v) is 8.05. The summed E-state index contributed by atoms with van der Waals surface area (Å²) in [6.07, 6.45) is 8.07. The van der Waals surface area contributed by atoms with Gasteiger partial charge in [-0.15, -0.1) is 0 Å². The number of phenols is 1. The highest BCUT2D eigenvalue weighted by Gasteiger charge is 2.40. The molecule has 0 spiro atoms. The zero-order chi connectivity index (χ0) is 22.0. The van der Waals surface area contributed by atoms with Crippen LogP contribution >= 0.6 is 0 Å². The number of aromatic amines is 1. The topological polar surface area (TPSA) is 52.1 Å². The van der Waals surface area contributed by atoms with Crippen LogP contribution in [0.4, 0.5) is 0 Å². The van der Waals surface area contributed by atoms with Crippen LogP contribution in [0.25, 0.3) is 22.4 Å². The molecule has 2 fully saturated rings. The second-order valence-corrected chi connectivity index (χ2v) is 10.9. The summed E-state index contributed by atoms with van der Waals surface area (Å²) in [5.41, 5.74) is 7.58. The number of fused-ring (bicyclic) bond motifs is 5. The normalized spacial score (nSPS) is 24.9. The van der Waals surface area contributed by atoms with Gasteiger partial charge in [-0.1, -0.05) is 30.3 Å². The molecule has 3 atom stereocenters. The van der Waals surface area contributed by atoms with Crippen LogP contribution in [0.3, 0.4) is 0 Å². The fraction of sp³-hybridized carbons (Fsp3) is 0.464. The fourth-order valence-corrected chi connectivity index (χ4v) is 6.59. The van der Waals surface area contributed by atoms with E-state index in [1.807, 2.05) is 12.3 Å². The van der Waals surface area contributed by atoms with E-state index in [1.165, 1.54) is 53.5 Å². The molecule has 6 rings (SSSR count). The maximum atomic E-state index is 10.5. The van der Waals surface area contributed by atoms with E-state index < -0.39 is 0 Å². The van der Waals surface area contributed by atoms with Crippen molar-refractivity contribution in [3.8, 4) is 28.1 Å². The molecule has 4 heteroatoms. The molecule has 3 aliphatic rings. The Morgan fingerprint density at radius 3 is 2.41 bits per heavy atom. The smallest absolute Gasteiger partial charge is 0.123 e. The maximum Gasteiger partial charge on any atom is 0.123 e. The van der Waals surface area contributed by atoms with Crippen LogP contribution < -0.4 is 0 Å². The Balaban J connectivity index is 1.29. The van der Waals surface area contributed by atoms with Crippen molar-refractivity contribution in [1.29, 1.82) is 0 Å². The molecule has 1 saturated heterocycles. The van der Waals surface area contributed by atoms with Gasteiger partial charge in [-0.05, 0) is 99.6 Å². The Kier molecular flexibility index (Phi) is 4.52. The minimum absolute atomic E-state index is 0.152. The third kappa shape index (κ3) is 3.11. The number of hydrogen-bond donors (Lipinski definition) is 2. The summed E-state index contributed by atoms with van der Waals surface area (Å²) in [5, 5.41) is 10.5. The van der Waals surface area contributed by atoms with Crippen molar-refractivity contribution >= 4 is 0 Å². The molecule has 1 saturated carbocycles. The predicted octanol–water partition coefficient (Wildman–Crippen LogP) is 6.75. The lowest BCUT2D eigenvalue weighted by Gasteiger charge is -2.36. The maximum absolute atomic E-state index is 10.5. The van der Waals surface area contributed by atoms with Crippen LogP contribution in [0.2, 0.25) is 0 Å². The number of likely N-dealkylation sites (tertiary alicyclic amines) is 1. The molecule has 2 bridgehead atoms. The van der Waals surface area contributed by atoms with Crippen LogP contribution in [0.1, 0.15) is 87.7 Å². The largest absolute Gasteiger partial charge is 0.508 e. The van der Waals surface area contributed by atoms with E-state index in [1.54, 1.807) is 0 Å². The molecule has 3 aromatic rings. The second-order valence-electron chi connectivity index (χ2n) is 10.9. The summed E-state index contributed by atoms with van der Waals surface area (Å²) in [5.74, 6) is 2.75. The molecule has 0 unspecified atom stereocenters. The van der Waals surface area contributed by atoms with Gasteiger partial charge in [0.05, 0.1) is 17.9 Å². The van der Waals surface area contributed by atoms with Crippen molar-refractivity contribution in [2.75, 3.05) is 6.54 Å². The summed E-state index contributed by atoms with van der Waals surface area (Å²) in [4.78, 5) is 11.0. The van der Waals surface area contributed by atoms with E-state index in [0.717, 1.165) is 24.5 Å². The first-order chi connectivity index (χ1) is 15.4. The highest BCUT2D eigenvalue weighted by Crippen LogP contribution is 2.58. The number of aromatic nitrogens is 2. The first kappa shape index (κ1) is 20.0. The summed E-state index contributed by atoms with van der Waals surface area (Å²) in [6, 6.07) is 13.2. The molecule has 0 amide bonds. The molecule has 1 aromatic heterocycles. The van der Waals surface area contributed by atoms with Gasteiger partial charge < -0.3 is 10.1 Å². The van der Waals surface area contributed by atoms with E-state index in [2.05, 4.69) is 61.0 Å². The minimum atomic E-state index is 0.152. The van der Waals surface area contributed by atoms with Crippen LogP contribution in [-0.2, 0) is 0 Å². The number of phenolic OH excluding ortho intramolecular Hbond substituents is 1. The number of imidazole rings is 1. The lowest BCUT2D eigenvalue weighted by molar-refractivity contribution is 0.117. The first-order valence-electron chi connectivity index (χ1n) is 12.2. The Morgan fingerprint density at radius 1 is 0.938 bits per heavy atom. The van der Waals surface area contributed by atoms with Crippen molar-refractivity contribution in [2.45, 2.75) is 76.3 Å². The average Bonchev–Trinajstić information content (AvgIpc) is 3.57. The fourth-order valence-electron chi connectivity index (χ4n) is 6.59. The number of nitrogens with one attached hydrogen (secondary N) is 1. The monoisotopic (exact) mass is 427 g/mol. The molecule has 1 aliphatic heterocycles. The van der Waals surface area contributed by atoms with Gasteiger partial charge in [-0.2, -0.15) is 0 Å². The van der Waals surface area contributed by atoms with Crippen molar-refractivity contribution in [1.82, 2.24) is 14.9 Å². The van der Waals surface area contributed by atoms with E-state index in [9.17, 15) is 5.11 Å². The lowest BCUT2D eigenvalue weighted by atomic mass is 9.85. The average molecular weight is 428 g/mol. The van der Waals surface area contributed by atoms with Crippen molar-refractivity contribution in [2.24, 2.45) is 0 Å². The number of nitrogens with zero attached hydrogens (tertiary/aromatic N) is 2. The summed E-state index contributed by atoms with van der Waals surface area (Å²) in [7, 11) is 0. The van der Waals surface area contributed by atoms with Crippen LogP contribution in [0.5, 0.6) is 5.75 Å². The SMILES string of the molecule is CC(C)(C)N1CCC[C@H]1c1ncc(-c2ccc(-c3ccc(O)c4c3[C@@H]3CC[C@H]4C3)cc2)[nH]1. The Morgan fingerprint density at radius 2 is 1.66 bits per heavy atom. The first-order valence-corrected chi connectivity index (χ1v) is 12.2. The zero-order valence-corrected chi connectivity index (χ0v) is 19.4. The van der Waals surface area contributed by atoms with Gasteiger partial charge in [-0.3, -0.25) is 4.90 Å². The molecular weight excluding hydrogens is 394 g/mol. The molecule has 2 N–H and O–H groups in total. The Labute approximate surface area is 190 Å². The van der Waals surface area contributed by atoms with Gasteiger partial charge in [0.25, 0.3) is 0 Å². The minimum Gasteiger partial charge on any atom is -0.508 e. The van der Waals surface area contributed by atoms with E-state index in [-0.39, 0.29) is 5.54 Å². The lowest BCUT2D eigenvalue weighted by Crippen LogP contribution is -2.40. The van der Waals surface area contributed by atoms with Gasteiger partial charge in [-0.25, -0.2) is 4.98 Å². The van der Waals surface area contributed by atoms with Crippen molar-refractivity contribution in [3.63, 3.8) is 0 Å². The number of aromatic hydroxyl groups is 1. The molecular formula is C28H33N3O. The second kappa shape index (κ2) is 7.21. The highest BCUT2D eigenvalue weighted by molar-refractivity contribution is 5.75. The number of H-pyrrole nitrogens is 1. The molecule has 2 heterocycles. The van der Waals surface area contributed by atoms with Crippen LogP contribution in [-0.4, -0.2) is 32.1 Å². The van der Waals surface area contributed by atoms with Crippen molar-refractivity contribution in [3.05, 3.63) is 59.5 Å². The number of benzene rings is 2. The van der Waals surface area contributed by atoms with Gasteiger partial charge >= 0.3 is 0 Å². The summed E-state index contributed by atoms with van der Waals surface area (Å²) in [6.45, 7) is 8.01. The standard InChI is InChI=1S/C28H33N3O/c1-28(2,3)31-14-4-5-23(31)27-29-16-22(30-27)18-8-6-17(7-9-18)21-12-13-24(32)26-20-11-10-19(15-20)25(21)26/h6-9,12-13,16,19-20,23,32H,4-5,10-11,14-15H2,1-3H3,(H,29,30)/t19-,20+,23+/m1/s1. The van der Waals surface area contributed by atoms with Gasteiger partial charge in [0.2, 0.25) is 0 Å². The summed E-state index contributed by atoms with van der Waals surface area (Å²) < 4.78 is 0. The number of rotatable bonds is 3.